The van der Waals surface area contributed by atoms with Gasteiger partial charge in [0.15, 0.2) is 6.61 Å². The first-order valence-electron chi connectivity index (χ1n) is 8.79. The summed E-state index contributed by atoms with van der Waals surface area (Å²) in [6.07, 6.45) is 1.89. The summed E-state index contributed by atoms with van der Waals surface area (Å²) in [6.45, 7) is 5.60. The summed E-state index contributed by atoms with van der Waals surface area (Å²) in [5.41, 5.74) is 3.41. The standard InChI is InChI=1S/C21H25NO3/c1-15-3-4-16(2)20(13-15)25-14-21(24)22-11-9-18(10-12-22)17-5-7-19(23)8-6-17/h3-8,13,18,23H,9-12,14H2,1-2H3. The van der Waals surface area contributed by atoms with E-state index in [4.69, 9.17) is 4.74 Å². The maximum atomic E-state index is 12.4. The number of aromatic hydroxyl groups is 1. The van der Waals surface area contributed by atoms with Crippen molar-refractivity contribution < 1.29 is 14.6 Å². The van der Waals surface area contributed by atoms with Crippen LogP contribution in [0.2, 0.25) is 0 Å². The van der Waals surface area contributed by atoms with Crippen molar-refractivity contribution in [1.82, 2.24) is 4.90 Å². The van der Waals surface area contributed by atoms with Gasteiger partial charge in [0.1, 0.15) is 11.5 Å². The molecule has 25 heavy (non-hydrogen) atoms. The van der Waals surface area contributed by atoms with Crippen LogP contribution in [0, 0.1) is 13.8 Å². The molecule has 1 N–H and O–H groups in total. The van der Waals surface area contributed by atoms with E-state index in [1.54, 1.807) is 12.1 Å². The van der Waals surface area contributed by atoms with Crippen molar-refractivity contribution in [2.75, 3.05) is 19.7 Å². The Bertz CT molecular complexity index is 731. The minimum atomic E-state index is 0.0464. The van der Waals surface area contributed by atoms with E-state index in [9.17, 15) is 9.90 Å². The third kappa shape index (κ3) is 4.32. The van der Waals surface area contributed by atoms with Crippen LogP contribution in [0.4, 0.5) is 0 Å². The maximum absolute atomic E-state index is 12.4. The highest BCUT2D eigenvalue weighted by atomic mass is 16.5. The molecule has 0 bridgehead atoms. The van der Waals surface area contributed by atoms with Gasteiger partial charge in [0, 0.05) is 13.1 Å². The van der Waals surface area contributed by atoms with Gasteiger partial charge in [-0.05, 0) is 67.5 Å². The van der Waals surface area contributed by atoms with Crippen molar-refractivity contribution >= 4 is 5.91 Å². The third-order valence-electron chi connectivity index (χ3n) is 4.91. The van der Waals surface area contributed by atoms with Crippen molar-refractivity contribution in [3.05, 3.63) is 59.2 Å². The average molecular weight is 339 g/mol. The molecule has 0 radical (unpaired) electrons. The smallest absolute Gasteiger partial charge is 0.260 e. The maximum Gasteiger partial charge on any atom is 0.260 e. The SMILES string of the molecule is Cc1ccc(C)c(OCC(=O)N2CCC(c3ccc(O)cc3)CC2)c1. The van der Waals surface area contributed by atoms with Crippen LogP contribution in [0.25, 0.3) is 0 Å². The highest BCUT2D eigenvalue weighted by Gasteiger charge is 2.24. The minimum Gasteiger partial charge on any atom is -0.508 e. The lowest BCUT2D eigenvalue weighted by atomic mass is 9.89. The van der Waals surface area contributed by atoms with E-state index < -0.39 is 0 Å². The zero-order valence-corrected chi connectivity index (χ0v) is 14.9. The molecule has 3 rings (SSSR count). The molecule has 0 unspecified atom stereocenters. The minimum absolute atomic E-state index is 0.0464. The topological polar surface area (TPSA) is 49.8 Å². The fourth-order valence-corrected chi connectivity index (χ4v) is 3.30. The lowest BCUT2D eigenvalue weighted by Gasteiger charge is -2.32. The first kappa shape index (κ1) is 17.3. The molecule has 0 spiro atoms. The number of aryl methyl sites for hydroxylation is 2. The number of benzene rings is 2. The van der Waals surface area contributed by atoms with Crippen LogP contribution in [0.5, 0.6) is 11.5 Å². The number of nitrogens with zero attached hydrogens (tertiary/aromatic N) is 1. The molecular weight excluding hydrogens is 314 g/mol. The van der Waals surface area contributed by atoms with Gasteiger partial charge < -0.3 is 14.7 Å². The van der Waals surface area contributed by atoms with Gasteiger partial charge in [0.25, 0.3) is 5.91 Å². The van der Waals surface area contributed by atoms with Gasteiger partial charge in [0.2, 0.25) is 0 Å². The fraction of sp³-hybridized carbons (Fsp3) is 0.381. The third-order valence-corrected chi connectivity index (χ3v) is 4.91. The van der Waals surface area contributed by atoms with Crippen LogP contribution in [0.1, 0.15) is 35.4 Å². The Morgan fingerprint density at radius 3 is 2.48 bits per heavy atom. The van der Waals surface area contributed by atoms with Gasteiger partial charge >= 0.3 is 0 Å². The number of likely N-dealkylation sites (tertiary alicyclic amines) is 1. The average Bonchev–Trinajstić information content (AvgIpc) is 2.63. The molecule has 0 aromatic heterocycles. The normalized spacial score (nSPS) is 15.2. The molecule has 1 heterocycles. The predicted octanol–water partition coefficient (Wildman–Crippen LogP) is 3.79. The highest BCUT2D eigenvalue weighted by molar-refractivity contribution is 5.78. The zero-order chi connectivity index (χ0) is 17.8. The van der Waals surface area contributed by atoms with Gasteiger partial charge in [-0.2, -0.15) is 0 Å². The molecule has 0 saturated carbocycles. The van der Waals surface area contributed by atoms with Crippen LogP contribution >= 0.6 is 0 Å². The predicted molar refractivity (Wildman–Crippen MR) is 98.1 cm³/mol. The number of piperidine rings is 1. The van der Waals surface area contributed by atoms with E-state index in [0.717, 1.165) is 42.8 Å². The van der Waals surface area contributed by atoms with Crippen LogP contribution in [0.15, 0.2) is 42.5 Å². The second-order valence-corrected chi connectivity index (χ2v) is 6.80. The molecule has 1 amide bonds. The van der Waals surface area contributed by atoms with Gasteiger partial charge in [-0.25, -0.2) is 0 Å². The molecule has 0 aliphatic carbocycles. The molecule has 2 aromatic carbocycles. The Labute approximate surface area is 149 Å². The summed E-state index contributed by atoms with van der Waals surface area (Å²) in [7, 11) is 0. The zero-order valence-electron chi connectivity index (χ0n) is 14.9. The van der Waals surface area contributed by atoms with Crippen LogP contribution < -0.4 is 4.74 Å². The lowest BCUT2D eigenvalue weighted by molar-refractivity contribution is -0.134. The second-order valence-electron chi connectivity index (χ2n) is 6.80. The second kappa shape index (κ2) is 7.60. The summed E-state index contributed by atoms with van der Waals surface area (Å²) in [6, 6.07) is 13.4. The van der Waals surface area contributed by atoms with Crippen LogP contribution in [0.3, 0.4) is 0 Å². The summed E-state index contributed by atoms with van der Waals surface area (Å²) in [5.74, 6) is 1.57. The summed E-state index contributed by atoms with van der Waals surface area (Å²) < 4.78 is 5.74. The van der Waals surface area contributed by atoms with Gasteiger partial charge in [-0.1, -0.05) is 24.3 Å². The summed E-state index contributed by atoms with van der Waals surface area (Å²) in [5, 5.41) is 9.39. The molecule has 132 valence electrons. The van der Waals surface area contributed by atoms with Crippen molar-refractivity contribution in [3.8, 4) is 11.5 Å². The van der Waals surface area contributed by atoms with E-state index >= 15 is 0 Å². The van der Waals surface area contributed by atoms with Gasteiger partial charge in [-0.3, -0.25) is 4.79 Å². The molecule has 1 saturated heterocycles. The largest absolute Gasteiger partial charge is 0.508 e. The number of carbonyl (C=O) groups excluding carboxylic acids is 1. The number of rotatable bonds is 4. The Hall–Kier alpha value is -2.49. The first-order chi connectivity index (χ1) is 12.0. The molecule has 4 nitrogen and oxygen atoms in total. The molecule has 1 fully saturated rings. The molecule has 1 aliphatic rings. The Morgan fingerprint density at radius 1 is 1.12 bits per heavy atom. The summed E-state index contributed by atoms with van der Waals surface area (Å²) >= 11 is 0. The molecular formula is C21H25NO3. The van der Waals surface area contributed by atoms with Gasteiger partial charge in [0.05, 0.1) is 0 Å². The van der Waals surface area contributed by atoms with Crippen LogP contribution in [-0.2, 0) is 4.79 Å². The number of hydrogen-bond donors (Lipinski definition) is 1. The molecule has 0 atom stereocenters. The fourth-order valence-electron chi connectivity index (χ4n) is 3.30. The first-order valence-corrected chi connectivity index (χ1v) is 8.79. The highest BCUT2D eigenvalue weighted by Crippen LogP contribution is 2.29. The number of phenolic OH excluding ortho intramolecular Hbond substituents is 1. The molecule has 1 aliphatic heterocycles. The number of ether oxygens (including phenoxy) is 1. The Morgan fingerprint density at radius 2 is 1.80 bits per heavy atom. The lowest BCUT2D eigenvalue weighted by Crippen LogP contribution is -2.40. The van der Waals surface area contributed by atoms with E-state index in [0.29, 0.717) is 11.7 Å². The van der Waals surface area contributed by atoms with Crippen molar-refractivity contribution in [1.29, 1.82) is 0 Å². The van der Waals surface area contributed by atoms with Crippen molar-refractivity contribution in [2.24, 2.45) is 0 Å². The Balaban J connectivity index is 1.51. The van der Waals surface area contributed by atoms with Gasteiger partial charge in [-0.15, -0.1) is 0 Å². The number of phenols is 1. The Kier molecular flexibility index (Phi) is 5.27. The molecule has 4 heteroatoms. The molecule has 2 aromatic rings. The number of amides is 1. The van der Waals surface area contributed by atoms with E-state index in [1.165, 1.54) is 5.56 Å². The number of carbonyl (C=O) groups is 1. The monoisotopic (exact) mass is 339 g/mol. The quantitative estimate of drug-likeness (QED) is 0.922. The van der Waals surface area contributed by atoms with E-state index in [1.807, 2.05) is 49.1 Å². The number of hydrogen-bond acceptors (Lipinski definition) is 3. The van der Waals surface area contributed by atoms with Crippen molar-refractivity contribution in [3.63, 3.8) is 0 Å². The summed E-state index contributed by atoms with van der Waals surface area (Å²) in [4.78, 5) is 14.3. The van der Waals surface area contributed by atoms with E-state index in [2.05, 4.69) is 0 Å². The van der Waals surface area contributed by atoms with Crippen LogP contribution in [-0.4, -0.2) is 35.6 Å². The van der Waals surface area contributed by atoms with E-state index in [-0.39, 0.29) is 12.5 Å². The van der Waals surface area contributed by atoms with Crippen molar-refractivity contribution in [2.45, 2.75) is 32.6 Å².